The second-order valence-electron chi connectivity index (χ2n) is 6.18. The fourth-order valence-corrected chi connectivity index (χ4v) is 1.09. The highest BCUT2D eigenvalue weighted by molar-refractivity contribution is 5.29. The summed E-state index contributed by atoms with van der Waals surface area (Å²) in [5, 5.41) is 0. The Morgan fingerprint density at radius 3 is 1.60 bits per heavy atom. The molecule has 0 aromatic heterocycles. The SMILES string of the molecule is C=C/C(=C\C=C(/C)C(C)(C)C)C(C)(C)C. The molecule has 0 fully saturated rings. The third-order valence-corrected chi connectivity index (χ3v) is 2.78. The minimum absolute atomic E-state index is 0.177. The average molecular weight is 206 g/mol. The summed E-state index contributed by atoms with van der Waals surface area (Å²) < 4.78 is 0. The Morgan fingerprint density at radius 2 is 1.33 bits per heavy atom. The van der Waals surface area contributed by atoms with E-state index in [9.17, 15) is 0 Å². The van der Waals surface area contributed by atoms with Gasteiger partial charge in [0, 0.05) is 0 Å². The summed E-state index contributed by atoms with van der Waals surface area (Å²) in [6.45, 7) is 19.4. The molecule has 0 radical (unpaired) electrons. The van der Waals surface area contributed by atoms with Crippen LogP contribution >= 0.6 is 0 Å². The van der Waals surface area contributed by atoms with E-state index in [2.05, 4.69) is 67.2 Å². The lowest BCUT2D eigenvalue weighted by Crippen LogP contribution is -2.08. The Bertz CT molecular complexity index is 274. The van der Waals surface area contributed by atoms with Crippen molar-refractivity contribution in [1.29, 1.82) is 0 Å². The Balaban J connectivity index is 4.99. The zero-order valence-electron chi connectivity index (χ0n) is 11.4. The van der Waals surface area contributed by atoms with Gasteiger partial charge in [-0.3, -0.25) is 0 Å². The maximum atomic E-state index is 3.87. The summed E-state index contributed by atoms with van der Waals surface area (Å²) >= 11 is 0. The van der Waals surface area contributed by atoms with E-state index in [1.165, 1.54) is 11.1 Å². The summed E-state index contributed by atoms with van der Waals surface area (Å²) in [7, 11) is 0. The molecule has 0 saturated carbocycles. The molecule has 0 saturated heterocycles. The van der Waals surface area contributed by atoms with Gasteiger partial charge in [-0.1, -0.05) is 71.9 Å². The van der Waals surface area contributed by atoms with E-state index in [4.69, 9.17) is 0 Å². The molecule has 0 N–H and O–H groups in total. The van der Waals surface area contributed by atoms with Gasteiger partial charge in [-0.15, -0.1) is 0 Å². The highest BCUT2D eigenvalue weighted by Crippen LogP contribution is 2.28. The molecule has 0 nitrogen and oxygen atoms in total. The van der Waals surface area contributed by atoms with E-state index in [1.807, 2.05) is 6.08 Å². The van der Waals surface area contributed by atoms with Gasteiger partial charge in [0.15, 0.2) is 0 Å². The van der Waals surface area contributed by atoms with Crippen LogP contribution in [0.15, 0.2) is 36.0 Å². The van der Waals surface area contributed by atoms with Crippen molar-refractivity contribution in [2.24, 2.45) is 10.8 Å². The molecule has 0 rings (SSSR count). The first-order chi connectivity index (χ1) is 6.59. The lowest BCUT2D eigenvalue weighted by Gasteiger charge is -2.21. The van der Waals surface area contributed by atoms with Crippen molar-refractivity contribution in [3.8, 4) is 0 Å². The normalized spacial score (nSPS) is 15.4. The van der Waals surface area contributed by atoms with Crippen LogP contribution < -0.4 is 0 Å². The summed E-state index contributed by atoms with van der Waals surface area (Å²) in [6, 6.07) is 0. The van der Waals surface area contributed by atoms with Gasteiger partial charge in [0.2, 0.25) is 0 Å². The summed E-state index contributed by atoms with van der Waals surface area (Å²) in [4.78, 5) is 0. The summed E-state index contributed by atoms with van der Waals surface area (Å²) in [5.74, 6) is 0. The monoisotopic (exact) mass is 206 g/mol. The Kier molecular flexibility index (Phi) is 4.58. The molecule has 0 unspecified atom stereocenters. The largest absolute Gasteiger partial charge is 0.0988 e. The number of hydrogen-bond acceptors (Lipinski definition) is 0. The van der Waals surface area contributed by atoms with Gasteiger partial charge >= 0.3 is 0 Å². The molecule has 0 spiro atoms. The van der Waals surface area contributed by atoms with E-state index in [0.29, 0.717) is 0 Å². The lowest BCUT2D eigenvalue weighted by molar-refractivity contribution is 0.502. The fraction of sp³-hybridized carbons (Fsp3) is 0.600. The molecule has 0 aliphatic carbocycles. The van der Waals surface area contributed by atoms with Crippen molar-refractivity contribution < 1.29 is 0 Å². The van der Waals surface area contributed by atoms with Crippen LogP contribution in [0.25, 0.3) is 0 Å². The van der Waals surface area contributed by atoms with Crippen LogP contribution in [0.4, 0.5) is 0 Å². The van der Waals surface area contributed by atoms with Crippen molar-refractivity contribution in [2.45, 2.75) is 48.5 Å². The predicted octanol–water partition coefficient (Wildman–Crippen LogP) is 5.14. The van der Waals surface area contributed by atoms with Crippen molar-refractivity contribution in [1.82, 2.24) is 0 Å². The van der Waals surface area contributed by atoms with Gasteiger partial charge in [-0.25, -0.2) is 0 Å². The van der Waals surface area contributed by atoms with E-state index in [1.54, 1.807) is 0 Å². The topological polar surface area (TPSA) is 0 Å². The third-order valence-electron chi connectivity index (χ3n) is 2.78. The Morgan fingerprint density at radius 1 is 0.867 bits per heavy atom. The zero-order chi connectivity index (χ0) is 12.3. The Labute approximate surface area is 95.8 Å². The van der Waals surface area contributed by atoms with Crippen molar-refractivity contribution in [3.05, 3.63) is 36.0 Å². The van der Waals surface area contributed by atoms with Crippen molar-refractivity contribution >= 4 is 0 Å². The van der Waals surface area contributed by atoms with Crippen LogP contribution in [0, 0.1) is 10.8 Å². The van der Waals surface area contributed by atoms with Crippen molar-refractivity contribution in [2.75, 3.05) is 0 Å². The minimum atomic E-state index is 0.177. The second kappa shape index (κ2) is 4.83. The molecular weight excluding hydrogens is 180 g/mol. The van der Waals surface area contributed by atoms with E-state index in [-0.39, 0.29) is 10.8 Å². The van der Waals surface area contributed by atoms with Gasteiger partial charge in [0.25, 0.3) is 0 Å². The molecule has 0 bridgehead atoms. The quantitative estimate of drug-likeness (QED) is 0.549. The second-order valence-corrected chi connectivity index (χ2v) is 6.18. The molecule has 0 heteroatoms. The van der Waals surface area contributed by atoms with E-state index < -0.39 is 0 Å². The molecule has 0 heterocycles. The van der Waals surface area contributed by atoms with Crippen LogP contribution in [-0.2, 0) is 0 Å². The summed E-state index contributed by atoms with van der Waals surface area (Å²) in [6.07, 6.45) is 6.35. The van der Waals surface area contributed by atoms with Crippen LogP contribution in [0.1, 0.15) is 48.5 Å². The Hall–Kier alpha value is -0.780. The molecule has 0 aliphatic heterocycles. The minimum Gasteiger partial charge on any atom is -0.0988 e. The van der Waals surface area contributed by atoms with Gasteiger partial charge in [0.1, 0.15) is 0 Å². The lowest BCUT2D eigenvalue weighted by atomic mass is 9.84. The molecule has 15 heavy (non-hydrogen) atoms. The molecule has 0 atom stereocenters. The van der Waals surface area contributed by atoms with Crippen LogP contribution in [-0.4, -0.2) is 0 Å². The van der Waals surface area contributed by atoms with Gasteiger partial charge in [-0.05, 0) is 23.3 Å². The zero-order valence-corrected chi connectivity index (χ0v) is 11.4. The van der Waals surface area contributed by atoms with Crippen LogP contribution in [0.3, 0.4) is 0 Å². The molecule has 86 valence electrons. The number of rotatable bonds is 2. The smallest absolute Gasteiger partial charge is 0.0132 e. The van der Waals surface area contributed by atoms with E-state index in [0.717, 1.165) is 0 Å². The number of allylic oxidation sites excluding steroid dienone is 5. The third kappa shape index (κ3) is 5.01. The van der Waals surface area contributed by atoms with Crippen LogP contribution in [0.5, 0.6) is 0 Å². The first kappa shape index (κ1) is 14.2. The molecule has 0 amide bonds. The van der Waals surface area contributed by atoms with Gasteiger partial charge < -0.3 is 0 Å². The first-order valence-electron chi connectivity index (χ1n) is 5.61. The predicted molar refractivity (Wildman–Crippen MR) is 70.9 cm³/mol. The maximum absolute atomic E-state index is 3.87. The summed E-state index contributed by atoms with van der Waals surface area (Å²) in [5.41, 5.74) is 3.11. The molecule has 0 aromatic carbocycles. The molecule has 0 aromatic rings. The first-order valence-corrected chi connectivity index (χ1v) is 5.61. The molecule has 0 aliphatic rings. The van der Waals surface area contributed by atoms with Crippen LogP contribution in [0.2, 0.25) is 0 Å². The fourth-order valence-electron chi connectivity index (χ4n) is 1.09. The maximum Gasteiger partial charge on any atom is -0.0132 e. The van der Waals surface area contributed by atoms with Gasteiger partial charge in [0.05, 0.1) is 0 Å². The number of hydrogen-bond donors (Lipinski definition) is 0. The average Bonchev–Trinajstić information content (AvgIpc) is 2.00. The highest BCUT2D eigenvalue weighted by atomic mass is 14.2. The van der Waals surface area contributed by atoms with E-state index >= 15 is 0 Å². The highest BCUT2D eigenvalue weighted by Gasteiger charge is 2.14. The standard InChI is InChI=1S/C15H26/c1-9-13(15(6,7)8)11-10-12(2)14(3,4)5/h9-11H,1H2,2-8H3/b12-10+,13-11+. The van der Waals surface area contributed by atoms with Gasteiger partial charge in [-0.2, -0.15) is 0 Å². The molecular formula is C15H26. The van der Waals surface area contributed by atoms with Crippen molar-refractivity contribution in [3.63, 3.8) is 0 Å².